The standard InChI is InChI=1S/C14H20FNO2/c15-12-5-6-14(11(8-12)9-17)16-7-3-1-2-4-13(16)10-18/h5-6,8,13,17-18H,1-4,7,9-10H2. The van der Waals surface area contributed by atoms with Crippen LogP contribution in [0.4, 0.5) is 10.1 Å². The Morgan fingerprint density at radius 2 is 2.06 bits per heavy atom. The molecular formula is C14H20FNO2. The van der Waals surface area contributed by atoms with Gasteiger partial charge in [-0.3, -0.25) is 0 Å². The maximum absolute atomic E-state index is 13.2. The monoisotopic (exact) mass is 253 g/mol. The summed E-state index contributed by atoms with van der Waals surface area (Å²) in [6, 6.07) is 4.56. The smallest absolute Gasteiger partial charge is 0.123 e. The van der Waals surface area contributed by atoms with Crippen molar-refractivity contribution >= 4 is 5.69 Å². The molecule has 1 unspecified atom stereocenters. The number of benzene rings is 1. The Morgan fingerprint density at radius 3 is 2.78 bits per heavy atom. The van der Waals surface area contributed by atoms with Gasteiger partial charge in [-0.05, 0) is 31.0 Å². The normalized spacial score (nSPS) is 20.8. The fraction of sp³-hybridized carbons (Fsp3) is 0.571. The lowest BCUT2D eigenvalue weighted by Gasteiger charge is -2.32. The number of hydrogen-bond donors (Lipinski definition) is 2. The highest BCUT2D eigenvalue weighted by Gasteiger charge is 2.22. The Morgan fingerprint density at radius 1 is 1.22 bits per heavy atom. The number of rotatable bonds is 3. The van der Waals surface area contributed by atoms with Crippen molar-refractivity contribution < 1.29 is 14.6 Å². The van der Waals surface area contributed by atoms with Crippen LogP contribution in [-0.2, 0) is 6.61 Å². The van der Waals surface area contributed by atoms with E-state index in [1.807, 2.05) is 0 Å². The van der Waals surface area contributed by atoms with Gasteiger partial charge in [0.15, 0.2) is 0 Å². The summed E-state index contributed by atoms with van der Waals surface area (Å²) in [6.07, 6.45) is 4.28. The molecule has 100 valence electrons. The van der Waals surface area contributed by atoms with Gasteiger partial charge in [0.2, 0.25) is 0 Å². The molecule has 0 aliphatic carbocycles. The highest BCUT2D eigenvalue weighted by molar-refractivity contribution is 5.54. The largest absolute Gasteiger partial charge is 0.394 e. The third-order valence-electron chi connectivity index (χ3n) is 3.61. The Kier molecular flexibility index (Phi) is 4.55. The molecule has 1 atom stereocenters. The Hall–Kier alpha value is -1.13. The third-order valence-corrected chi connectivity index (χ3v) is 3.61. The molecule has 1 fully saturated rings. The van der Waals surface area contributed by atoms with Crippen LogP contribution in [0.3, 0.4) is 0 Å². The summed E-state index contributed by atoms with van der Waals surface area (Å²) in [6.45, 7) is 0.772. The van der Waals surface area contributed by atoms with Crippen LogP contribution >= 0.6 is 0 Å². The first kappa shape index (κ1) is 13.3. The Balaban J connectivity index is 2.32. The highest BCUT2D eigenvalue weighted by Crippen LogP contribution is 2.28. The van der Waals surface area contributed by atoms with Crippen LogP contribution in [0.25, 0.3) is 0 Å². The Bertz CT molecular complexity index is 397. The molecule has 18 heavy (non-hydrogen) atoms. The average molecular weight is 253 g/mol. The van der Waals surface area contributed by atoms with Gasteiger partial charge in [0.1, 0.15) is 5.82 Å². The van der Waals surface area contributed by atoms with Crippen molar-refractivity contribution in [3.63, 3.8) is 0 Å². The van der Waals surface area contributed by atoms with Crippen LogP contribution in [0.15, 0.2) is 18.2 Å². The topological polar surface area (TPSA) is 43.7 Å². The summed E-state index contributed by atoms with van der Waals surface area (Å²) >= 11 is 0. The SMILES string of the molecule is OCc1cc(F)ccc1N1CCCCCC1CO. The fourth-order valence-electron chi connectivity index (χ4n) is 2.65. The van der Waals surface area contributed by atoms with E-state index < -0.39 is 0 Å². The molecule has 0 aromatic heterocycles. The highest BCUT2D eigenvalue weighted by atomic mass is 19.1. The summed E-state index contributed by atoms with van der Waals surface area (Å²) in [4.78, 5) is 2.11. The second-order valence-corrected chi connectivity index (χ2v) is 4.81. The van der Waals surface area contributed by atoms with Gasteiger partial charge in [-0.15, -0.1) is 0 Å². The zero-order valence-corrected chi connectivity index (χ0v) is 10.5. The van der Waals surface area contributed by atoms with Crippen LogP contribution < -0.4 is 4.90 Å². The van der Waals surface area contributed by atoms with Crippen molar-refractivity contribution in [1.29, 1.82) is 0 Å². The fourth-order valence-corrected chi connectivity index (χ4v) is 2.65. The quantitative estimate of drug-likeness (QED) is 0.866. The number of nitrogens with zero attached hydrogens (tertiary/aromatic N) is 1. The predicted octanol–water partition coefficient (Wildman–Crippen LogP) is 2.06. The molecule has 0 spiro atoms. The van der Waals surface area contributed by atoms with Gasteiger partial charge in [-0.25, -0.2) is 4.39 Å². The van der Waals surface area contributed by atoms with Crippen LogP contribution in [0, 0.1) is 5.82 Å². The van der Waals surface area contributed by atoms with Gasteiger partial charge in [0.25, 0.3) is 0 Å². The molecule has 1 aliphatic heterocycles. The molecule has 2 N–H and O–H groups in total. The van der Waals surface area contributed by atoms with Crippen molar-refractivity contribution in [3.05, 3.63) is 29.6 Å². The van der Waals surface area contributed by atoms with Crippen molar-refractivity contribution in [1.82, 2.24) is 0 Å². The van der Waals surface area contributed by atoms with Gasteiger partial charge in [0.05, 0.1) is 19.3 Å². The minimum absolute atomic E-state index is 0.0725. The molecule has 0 amide bonds. The molecule has 0 saturated carbocycles. The maximum atomic E-state index is 13.2. The van der Waals surface area contributed by atoms with E-state index in [9.17, 15) is 14.6 Å². The van der Waals surface area contributed by atoms with E-state index in [4.69, 9.17) is 0 Å². The number of halogens is 1. The van der Waals surface area contributed by atoms with Gasteiger partial charge in [-0.1, -0.05) is 12.8 Å². The van der Waals surface area contributed by atoms with Gasteiger partial charge < -0.3 is 15.1 Å². The van der Waals surface area contributed by atoms with Crippen LogP contribution in [0.5, 0.6) is 0 Å². The van der Waals surface area contributed by atoms with E-state index in [1.54, 1.807) is 6.07 Å². The lowest BCUT2D eigenvalue weighted by molar-refractivity contribution is 0.253. The molecule has 1 aromatic carbocycles. The molecule has 0 radical (unpaired) electrons. The van der Waals surface area contributed by atoms with Gasteiger partial charge in [0, 0.05) is 17.8 Å². The molecule has 1 heterocycles. The van der Waals surface area contributed by atoms with E-state index in [-0.39, 0.29) is 25.1 Å². The molecule has 1 aliphatic rings. The second kappa shape index (κ2) is 6.16. The lowest BCUT2D eigenvalue weighted by Crippen LogP contribution is -2.38. The first-order valence-electron chi connectivity index (χ1n) is 6.53. The van der Waals surface area contributed by atoms with Gasteiger partial charge >= 0.3 is 0 Å². The minimum Gasteiger partial charge on any atom is -0.394 e. The van der Waals surface area contributed by atoms with Crippen molar-refractivity contribution in [2.45, 2.75) is 38.3 Å². The molecule has 2 rings (SSSR count). The van der Waals surface area contributed by atoms with Crippen LogP contribution in [0.2, 0.25) is 0 Å². The maximum Gasteiger partial charge on any atom is 0.123 e. The zero-order chi connectivity index (χ0) is 13.0. The van der Waals surface area contributed by atoms with Crippen LogP contribution in [-0.4, -0.2) is 29.4 Å². The molecule has 4 heteroatoms. The molecular weight excluding hydrogens is 233 g/mol. The average Bonchev–Trinajstić information content (AvgIpc) is 2.63. The van der Waals surface area contributed by atoms with E-state index in [0.717, 1.165) is 37.9 Å². The van der Waals surface area contributed by atoms with Crippen LogP contribution in [0.1, 0.15) is 31.2 Å². The summed E-state index contributed by atoms with van der Waals surface area (Å²) in [5.41, 5.74) is 1.44. The summed E-state index contributed by atoms with van der Waals surface area (Å²) < 4.78 is 13.2. The Labute approximate surface area is 107 Å². The van der Waals surface area contributed by atoms with E-state index >= 15 is 0 Å². The molecule has 0 bridgehead atoms. The molecule has 1 aromatic rings. The number of aliphatic hydroxyl groups excluding tert-OH is 2. The van der Waals surface area contributed by atoms with Crippen molar-refractivity contribution in [3.8, 4) is 0 Å². The van der Waals surface area contributed by atoms with Gasteiger partial charge in [-0.2, -0.15) is 0 Å². The number of hydrogen-bond acceptors (Lipinski definition) is 3. The number of aliphatic hydroxyl groups is 2. The summed E-state index contributed by atoms with van der Waals surface area (Å²) in [5.74, 6) is -0.335. The summed E-state index contributed by atoms with van der Waals surface area (Å²) in [7, 11) is 0. The predicted molar refractivity (Wildman–Crippen MR) is 69.0 cm³/mol. The van der Waals surface area contributed by atoms with E-state index in [1.165, 1.54) is 12.1 Å². The zero-order valence-electron chi connectivity index (χ0n) is 10.5. The third kappa shape index (κ3) is 2.82. The van der Waals surface area contributed by atoms with Crippen molar-refractivity contribution in [2.24, 2.45) is 0 Å². The van der Waals surface area contributed by atoms with Crippen molar-refractivity contribution in [2.75, 3.05) is 18.1 Å². The second-order valence-electron chi connectivity index (χ2n) is 4.81. The first-order chi connectivity index (χ1) is 8.76. The minimum atomic E-state index is -0.335. The number of anilines is 1. The van der Waals surface area contributed by atoms with E-state index in [2.05, 4.69) is 4.90 Å². The lowest BCUT2D eigenvalue weighted by atomic mass is 10.1. The molecule has 3 nitrogen and oxygen atoms in total. The first-order valence-corrected chi connectivity index (χ1v) is 6.53. The summed E-state index contributed by atoms with van der Waals surface area (Å²) in [5, 5.41) is 18.8. The van der Waals surface area contributed by atoms with E-state index in [0.29, 0.717) is 5.56 Å². The molecule has 1 saturated heterocycles.